The number of rotatable bonds is 4. The van der Waals surface area contributed by atoms with Gasteiger partial charge in [-0.15, -0.1) is 0 Å². The predicted octanol–water partition coefficient (Wildman–Crippen LogP) is 5.23. The largest absolute Gasteiger partial charge is 0.378 e. The van der Waals surface area contributed by atoms with Gasteiger partial charge in [0.1, 0.15) is 0 Å². The van der Waals surface area contributed by atoms with Gasteiger partial charge >= 0.3 is 0 Å². The molecule has 31 heavy (non-hydrogen) atoms. The summed E-state index contributed by atoms with van der Waals surface area (Å²) in [4.78, 5) is 23.0. The molecule has 1 fully saturated rings. The van der Waals surface area contributed by atoms with Crippen molar-refractivity contribution in [2.75, 3.05) is 50.1 Å². The number of carbonyl (C=O) groups excluding carboxylic acids is 1. The minimum atomic E-state index is 0.243. The lowest BCUT2D eigenvalue weighted by Crippen LogP contribution is -2.38. The van der Waals surface area contributed by atoms with Crippen LogP contribution in [0.25, 0.3) is 0 Å². The Morgan fingerprint density at radius 1 is 0.935 bits per heavy atom. The molecular formula is C26H33N3OS. The van der Waals surface area contributed by atoms with E-state index in [0.717, 1.165) is 57.4 Å². The van der Waals surface area contributed by atoms with E-state index in [1.807, 2.05) is 0 Å². The molecule has 0 saturated carbocycles. The summed E-state index contributed by atoms with van der Waals surface area (Å²) in [5.41, 5.74) is 6.40. The standard InChI is InChI=1S/C26H33N3OS/c1-27(2)20-10-6-11-21(18-20)31-25-22-12-8-16-28-15-7-9-19(24(22)28)17-23(25)26(30)29-13-4-3-5-14-29/h6,10-11,17-18H,3-5,7-9,12-16H2,1-2H3. The maximum atomic E-state index is 13.7. The summed E-state index contributed by atoms with van der Waals surface area (Å²) in [6.45, 7) is 4.11. The molecule has 3 heterocycles. The second kappa shape index (κ2) is 8.78. The van der Waals surface area contributed by atoms with Gasteiger partial charge in [0.15, 0.2) is 0 Å². The molecule has 0 aromatic heterocycles. The van der Waals surface area contributed by atoms with Crippen LogP contribution in [0.3, 0.4) is 0 Å². The van der Waals surface area contributed by atoms with Crippen molar-refractivity contribution < 1.29 is 4.79 Å². The second-order valence-corrected chi connectivity index (χ2v) is 10.4. The number of benzene rings is 2. The van der Waals surface area contributed by atoms with Crippen molar-refractivity contribution in [1.82, 2.24) is 4.90 Å². The topological polar surface area (TPSA) is 26.8 Å². The van der Waals surface area contributed by atoms with Gasteiger partial charge < -0.3 is 14.7 Å². The molecule has 0 aliphatic carbocycles. The summed E-state index contributed by atoms with van der Waals surface area (Å²) in [6, 6.07) is 10.9. The third kappa shape index (κ3) is 4.05. The number of aryl methyl sites for hydroxylation is 1. The van der Waals surface area contributed by atoms with Crippen molar-refractivity contribution in [1.29, 1.82) is 0 Å². The van der Waals surface area contributed by atoms with E-state index in [2.05, 4.69) is 59.1 Å². The first-order chi connectivity index (χ1) is 15.1. The molecule has 4 nitrogen and oxygen atoms in total. The molecular weight excluding hydrogens is 402 g/mol. The number of amides is 1. The summed E-state index contributed by atoms with van der Waals surface area (Å²) in [6.07, 6.45) is 8.05. The predicted molar refractivity (Wildman–Crippen MR) is 130 cm³/mol. The minimum absolute atomic E-state index is 0.243. The first-order valence-electron chi connectivity index (χ1n) is 11.8. The quantitative estimate of drug-likeness (QED) is 0.657. The SMILES string of the molecule is CN(C)c1cccc(Sc2c(C(=O)N3CCCCC3)cc3c4c2CCCN4CCC3)c1. The molecule has 3 aliphatic rings. The molecule has 3 aliphatic heterocycles. The Morgan fingerprint density at radius 3 is 2.48 bits per heavy atom. The Balaban J connectivity index is 1.61. The van der Waals surface area contributed by atoms with E-state index in [0.29, 0.717) is 0 Å². The van der Waals surface area contributed by atoms with Crippen molar-refractivity contribution >= 4 is 29.0 Å². The summed E-state index contributed by atoms with van der Waals surface area (Å²) in [5.74, 6) is 0.243. The average Bonchev–Trinajstić information content (AvgIpc) is 2.81. The number of nitrogens with zero attached hydrogens (tertiary/aromatic N) is 3. The number of piperidine rings is 1. The van der Waals surface area contributed by atoms with Crippen LogP contribution >= 0.6 is 11.8 Å². The van der Waals surface area contributed by atoms with E-state index < -0.39 is 0 Å². The molecule has 5 rings (SSSR count). The zero-order valence-electron chi connectivity index (χ0n) is 18.8. The number of anilines is 2. The third-order valence-corrected chi connectivity index (χ3v) is 8.06. The summed E-state index contributed by atoms with van der Waals surface area (Å²) in [5, 5.41) is 0. The first-order valence-corrected chi connectivity index (χ1v) is 12.6. The fourth-order valence-corrected chi connectivity index (χ4v) is 6.46. The van der Waals surface area contributed by atoms with Gasteiger partial charge in [-0.05, 0) is 80.3 Å². The van der Waals surface area contributed by atoms with E-state index in [4.69, 9.17) is 0 Å². The number of hydrogen-bond donors (Lipinski definition) is 0. The smallest absolute Gasteiger partial charge is 0.255 e. The monoisotopic (exact) mass is 435 g/mol. The highest BCUT2D eigenvalue weighted by Crippen LogP contribution is 2.45. The zero-order valence-corrected chi connectivity index (χ0v) is 19.6. The molecule has 0 atom stereocenters. The fraction of sp³-hybridized carbons (Fsp3) is 0.500. The van der Waals surface area contributed by atoms with Crippen LogP contribution in [0.1, 0.15) is 53.6 Å². The Kier molecular flexibility index (Phi) is 5.87. The number of hydrogen-bond acceptors (Lipinski definition) is 4. The Labute approximate surface area is 190 Å². The van der Waals surface area contributed by atoms with E-state index in [9.17, 15) is 4.79 Å². The van der Waals surface area contributed by atoms with Crippen molar-refractivity contribution in [2.45, 2.75) is 54.7 Å². The van der Waals surface area contributed by atoms with Crippen LogP contribution in [0.2, 0.25) is 0 Å². The normalized spacial score (nSPS) is 18.0. The van der Waals surface area contributed by atoms with Gasteiger partial charge in [0.05, 0.1) is 5.56 Å². The lowest BCUT2D eigenvalue weighted by Gasteiger charge is -2.39. The number of likely N-dealkylation sites (tertiary alicyclic amines) is 1. The van der Waals surface area contributed by atoms with Crippen LogP contribution in [0.15, 0.2) is 40.1 Å². The molecule has 1 saturated heterocycles. The van der Waals surface area contributed by atoms with Crippen LogP contribution < -0.4 is 9.80 Å². The number of carbonyl (C=O) groups is 1. The molecule has 2 aromatic rings. The van der Waals surface area contributed by atoms with E-state index in [-0.39, 0.29) is 5.91 Å². The highest BCUT2D eigenvalue weighted by molar-refractivity contribution is 7.99. The molecule has 2 aromatic carbocycles. The van der Waals surface area contributed by atoms with Gasteiger partial charge in [0.25, 0.3) is 5.91 Å². The molecule has 1 amide bonds. The van der Waals surface area contributed by atoms with E-state index in [1.165, 1.54) is 51.6 Å². The summed E-state index contributed by atoms with van der Waals surface area (Å²) >= 11 is 1.80. The molecule has 0 unspecified atom stereocenters. The van der Waals surface area contributed by atoms with Crippen molar-refractivity contribution in [3.63, 3.8) is 0 Å². The molecule has 0 radical (unpaired) electrons. The van der Waals surface area contributed by atoms with E-state index >= 15 is 0 Å². The van der Waals surface area contributed by atoms with Crippen molar-refractivity contribution in [2.24, 2.45) is 0 Å². The van der Waals surface area contributed by atoms with Crippen LogP contribution in [-0.2, 0) is 12.8 Å². The van der Waals surface area contributed by atoms with Gasteiger partial charge in [0, 0.05) is 61.4 Å². The zero-order chi connectivity index (χ0) is 21.4. The van der Waals surface area contributed by atoms with Crippen LogP contribution in [-0.4, -0.2) is 51.1 Å². The first kappa shape index (κ1) is 20.7. The van der Waals surface area contributed by atoms with Gasteiger partial charge in [0.2, 0.25) is 0 Å². The van der Waals surface area contributed by atoms with Gasteiger partial charge in [-0.3, -0.25) is 4.79 Å². The molecule has 0 bridgehead atoms. The summed E-state index contributed by atoms with van der Waals surface area (Å²) in [7, 11) is 4.16. The summed E-state index contributed by atoms with van der Waals surface area (Å²) < 4.78 is 0. The maximum absolute atomic E-state index is 13.7. The minimum Gasteiger partial charge on any atom is -0.378 e. The molecule has 5 heteroatoms. The maximum Gasteiger partial charge on any atom is 0.255 e. The molecule has 0 spiro atoms. The molecule has 164 valence electrons. The highest BCUT2D eigenvalue weighted by Gasteiger charge is 2.31. The van der Waals surface area contributed by atoms with Crippen molar-refractivity contribution in [3.05, 3.63) is 47.0 Å². The fourth-order valence-electron chi connectivity index (χ4n) is 5.32. The Hall–Kier alpha value is -2.14. The lowest BCUT2D eigenvalue weighted by atomic mass is 9.89. The van der Waals surface area contributed by atoms with E-state index in [1.54, 1.807) is 11.8 Å². The Morgan fingerprint density at radius 2 is 1.71 bits per heavy atom. The van der Waals surface area contributed by atoms with Gasteiger partial charge in [-0.2, -0.15) is 0 Å². The highest BCUT2D eigenvalue weighted by atomic mass is 32.2. The molecule has 0 N–H and O–H groups in total. The second-order valence-electron chi connectivity index (χ2n) is 9.28. The van der Waals surface area contributed by atoms with Crippen molar-refractivity contribution in [3.8, 4) is 0 Å². The van der Waals surface area contributed by atoms with Gasteiger partial charge in [-0.1, -0.05) is 17.8 Å². The van der Waals surface area contributed by atoms with Crippen LogP contribution in [0, 0.1) is 0 Å². The Bertz CT molecular complexity index is 979. The van der Waals surface area contributed by atoms with Gasteiger partial charge in [-0.25, -0.2) is 0 Å². The van der Waals surface area contributed by atoms with Crippen LogP contribution in [0.4, 0.5) is 11.4 Å². The third-order valence-electron chi connectivity index (χ3n) is 6.90. The van der Waals surface area contributed by atoms with Crippen LogP contribution in [0.5, 0.6) is 0 Å². The lowest BCUT2D eigenvalue weighted by molar-refractivity contribution is 0.0720. The average molecular weight is 436 g/mol.